The molecule has 90 valence electrons. The highest BCUT2D eigenvalue weighted by atomic mass is 127. The van der Waals surface area contributed by atoms with E-state index in [4.69, 9.17) is 17.3 Å². The van der Waals surface area contributed by atoms with Crippen LogP contribution >= 0.6 is 34.2 Å². The zero-order valence-corrected chi connectivity index (χ0v) is 11.8. The summed E-state index contributed by atoms with van der Waals surface area (Å²) >= 11 is 7.97. The first-order valence-corrected chi connectivity index (χ1v) is 6.39. The molecule has 3 aromatic heterocycles. The Morgan fingerprint density at radius 1 is 1.28 bits per heavy atom. The van der Waals surface area contributed by atoms with Crippen LogP contribution in [0.5, 0.6) is 0 Å². The summed E-state index contributed by atoms with van der Waals surface area (Å²) in [7, 11) is 0. The Kier molecular flexibility index (Phi) is 2.78. The second-order valence-corrected chi connectivity index (χ2v) is 4.91. The summed E-state index contributed by atoms with van der Waals surface area (Å²) in [5.74, 6) is 0.413. The SMILES string of the molecule is Nc1ncnc2c1c(I)nn2-c1ccnc(Cl)c1. The Balaban J connectivity index is 2.34. The second-order valence-electron chi connectivity index (χ2n) is 3.50. The molecule has 0 radical (unpaired) electrons. The first-order valence-electron chi connectivity index (χ1n) is 4.93. The summed E-state index contributed by atoms with van der Waals surface area (Å²) in [5.41, 5.74) is 7.26. The predicted octanol–water partition coefficient (Wildman–Crippen LogP) is 2.05. The predicted molar refractivity (Wildman–Crippen MR) is 76.6 cm³/mol. The van der Waals surface area contributed by atoms with Gasteiger partial charge < -0.3 is 5.73 Å². The Hall–Kier alpha value is -1.48. The maximum atomic E-state index is 5.87. The molecular weight excluding hydrogens is 367 g/mol. The molecule has 0 bridgehead atoms. The van der Waals surface area contributed by atoms with Crippen molar-refractivity contribution in [2.45, 2.75) is 0 Å². The molecule has 0 aliphatic heterocycles. The van der Waals surface area contributed by atoms with Crippen molar-refractivity contribution in [2.75, 3.05) is 5.73 Å². The van der Waals surface area contributed by atoms with Crippen LogP contribution in [0, 0.1) is 3.70 Å². The second kappa shape index (κ2) is 4.32. The fraction of sp³-hybridized carbons (Fsp3) is 0. The molecule has 0 aliphatic rings. The number of nitrogen functional groups attached to an aromatic ring is 1. The van der Waals surface area contributed by atoms with Crippen LogP contribution in [0.4, 0.5) is 5.82 Å². The molecule has 0 fully saturated rings. The molecule has 0 saturated heterocycles. The highest BCUT2D eigenvalue weighted by Crippen LogP contribution is 2.25. The molecule has 6 nitrogen and oxygen atoms in total. The standard InChI is InChI=1S/C10H6ClIN6/c11-6-3-5(1-2-14-6)18-10-7(8(12)17-18)9(13)15-4-16-10/h1-4H,(H2,13,15,16). The van der Waals surface area contributed by atoms with E-state index in [-0.39, 0.29) is 0 Å². The van der Waals surface area contributed by atoms with E-state index in [1.54, 1.807) is 23.0 Å². The van der Waals surface area contributed by atoms with Crippen molar-refractivity contribution in [3.8, 4) is 5.69 Å². The number of hydrogen-bond acceptors (Lipinski definition) is 5. The number of nitrogens with zero attached hydrogens (tertiary/aromatic N) is 5. The van der Waals surface area contributed by atoms with Gasteiger partial charge in [-0.2, -0.15) is 5.10 Å². The summed E-state index contributed by atoms with van der Waals surface area (Å²) in [6.07, 6.45) is 3.03. The number of hydrogen-bond donors (Lipinski definition) is 1. The molecule has 0 amide bonds. The normalized spacial score (nSPS) is 11.0. The number of halogens is 2. The van der Waals surface area contributed by atoms with Gasteiger partial charge in [-0.25, -0.2) is 19.6 Å². The van der Waals surface area contributed by atoms with E-state index in [1.807, 2.05) is 0 Å². The molecule has 0 atom stereocenters. The zero-order valence-electron chi connectivity index (χ0n) is 8.88. The summed E-state index contributed by atoms with van der Waals surface area (Å²) in [6.45, 7) is 0. The third-order valence-electron chi connectivity index (χ3n) is 2.41. The van der Waals surface area contributed by atoms with Crippen molar-refractivity contribution in [2.24, 2.45) is 0 Å². The average Bonchev–Trinajstić information content (AvgIpc) is 2.68. The summed E-state index contributed by atoms with van der Waals surface area (Å²) in [4.78, 5) is 12.1. The smallest absolute Gasteiger partial charge is 0.169 e. The van der Waals surface area contributed by atoms with Crippen molar-refractivity contribution in [3.63, 3.8) is 0 Å². The summed E-state index contributed by atoms with van der Waals surface area (Å²) in [5, 5.41) is 5.53. The van der Waals surface area contributed by atoms with E-state index >= 15 is 0 Å². The lowest BCUT2D eigenvalue weighted by atomic mass is 10.4. The molecule has 0 aliphatic carbocycles. The highest BCUT2D eigenvalue weighted by Gasteiger charge is 2.14. The van der Waals surface area contributed by atoms with E-state index < -0.39 is 0 Å². The number of nitrogens with two attached hydrogens (primary N) is 1. The van der Waals surface area contributed by atoms with Gasteiger partial charge in [-0.05, 0) is 28.7 Å². The molecule has 3 heterocycles. The summed E-state index contributed by atoms with van der Waals surface area (Å²) in [6, 6.07) is 3.51. The van der Waals surface area contributed by atoms with E-state index in [2.05, 4.69) is 42.6 Å². The van der Waals surface area contributed by atoms with Crippen LogP contribution in [0.1, 0.15) is 0 Å². The fourth-order valence-electron chi connectivity index (χ4n) is 1.64. The van der Waals surface area contributed by atoms with Crippen LogP contribution in [0.2, 0.25) is 5.15 Å². The minimum absolute atomic E-state index is 0.396. The van der Waals surface area contributed by atoms with Gasteiger partial charge in [0.25, 0.3) is 0 Å². The van der Waals surface area contributed by atoms with Crippen molar-refractivity contribution in [1.82, 2.24) is 24.7 Å². The monoisotopic (exact) mass is 372 g/mol. The molecule has 18 heavy (non-hydrogen) atoms. The Morgan fingerprint density at radius 2 is 2.11 bits per heavy atom. The van der Waals surface area contributed by atoms with Gasteiger partial charge >= 0.3 is 0 Å². The van der Waals surface area contributed by atoms with Crippen LogP contribution in [-0.2, 0) is 0 Å². The van der Waals surface area contributed by atoms with E-state index in [0.717, 1.165) is 14.8 Å². The lowest BCUT2D eigenvalue weighted by molar-refractivity contribution is 0.881. The highest BCUT2D eigenvalue weighted by molar-refractivity contribution is 14.1. The van der Waals surface area contributed by atoms with Gasteiger partial charge in [-0.1, -0.05) is 11.6 Å². The van der Waals surface area contributed by atoms with Gasteiger partial charge in [0, 0.05) is 12.3 Å². The van der Waals surface area contributed by atoms with Gasteiger partial charge in [-0.15, -0.1) is 0 Å². The number of fused-ring (bicyclic) bond motifs is 1. The fourth-order valence-corrected chi connectivity index (χ4v) is 2.54. The van der Waals surface area contributed by atoms with Crippen LogP contribution in [-0.4, -0.2) is 24.7 Å². The summed E-state index contributed by atoms with van der Waals surface area (Å²) < 4.78 is 2.41. The van der Waals surface area contributed by atoms with E-state index in [1.165, 1.54) is 6.33 Å². The molecule has 8 heteroatoms. The first kappa shape index (κ1) is 11.6. The molecule has 0 unspecified atom stereocenters. The lowest BCUT2D eigenvalue weighted by Crippen LogP contribution is -1.99. The van der Waals surface area contributed by atoms with E-state index in [0.29, 0.717) is 16.6 Å². The van der Waals surface area contributed by atoms with Crippen molar-refractivity contribution in [1.29, 1.82) is 0 Å². The molecule has 0 spiro atoms. The maximum absolute atomic E-state index is 5.87. The average molecular weight is 373 g/mol. The molecule has 0 aromatic carbocycles. The minimum atomic E-state index is 0.396. The van der Waals surface area contributed by atoms with E-state index in [9.17, 15) is 0 Å². The number of anilines is 1. The lowest BCUT2D eigenvalue weighted by Gasteiger charge is -2.02. The first-order chi connectivity index (χ1) is 8.66. The van der Waals surface area contributed by atoms with Crippen molar-refractivity contribution < 1.29 is 0 Å². The number of rotatable bonds is 1. The Labute approximate surface area is 120 Å². The molecular formula is C10H6ClIN6. The topological polar surface area (TPSA) is 82.5 Å². The van der Waals surface area contributed by atoms with Crippen molar-refractivity contribution >= 4 is 51.0 Å². The van der Waals surface area contributed by atoms with Crippen LogP contribution in [0.15, 0.2) is 24.7 Å². The Bertz CT molecular complexity index is 740. The Morgan fingerprint density at radius 3 is 2.89 bits per heavy atom. The van der Waals surface area contributed by atoms with Gasteiger partial charge in [-0.3, -0.25) is 0 Å². The van der Waals surface area contributed by atoms with Gasteiger partial charge in [0.2, 0.25) is 0 Å². The maximum Gasteiger partial charge on any atom is 0.169 e. The number of aromatic nitrogens is 5. The molecule has 3 aromatic rings. The van der Waals surface area contributed by atoms with Gasteiger partial charge in [0.15, 0.2) is 5.65 Å². The third-order valence-corrected chi connectivity index (χ3v) is 3.37. The van der Waals surface area contributed by atoms with Crippen LogP contribution < -0.4 is 5.73 Å². The van der Waals surface area contributed by atoms with Crippen LogP contribution in [0.3, 0.4) is 0 Å². The molecule has 2 N–H and O–H groups in total. The zero-order chi connectivity index (χ0) is 12.7. The third kappa shape index (κ3) is 1.79. The molecule has 3 rings (SSSR count). The molecule has 0 saturated carbocycles. The van der Waals surface area contributed by atoms with Crippen LogP contribution in [0.25, 0.3) is 16.7 Å². The minimum Gasteiger partial charge on any atom is -0.383 e. The van der Waals surface area contributed by atoms with Crippen molar-refractivity contribution in [3.05, 3.63) is 33.5 Å². The van der Waals surface area contributed by atoms with Gasteiger partial charge in [0.05, 0.1) is 11.1 Å². The largest absolute Gasteiger partial charge is 0.383 e. The van der Waals surface area contributed by atoms with Gasteiger partial charge in [0.1, 0.15) is 21.0 Å². The quantitative estimate of drug-likeness (QED) is 0.522. The number of pyridine rings is 1.